The van der Waals surface area contributed by atoms with Crippen LogP contribution in [0.2, 0.25) is 0 Å². The number of halogens is 1. The molecule has 0 radical (unpaired) electrons. The van der Waals surface area contributed by atoms with Crippen molar-refractivity contribution in [2.24, 2.45) is 0 Å². The van der Waals surface area contributed by atoms with E-state index in [1.807, 2.05) is 0 Å². The highest BCUT2D eigenvalue weighted by atomic mass is 19.1. The van der Waals surface area contributed by atoms with Crippen LogP contribution in [0.1, 0.15) is 12.2 Å². The van der Waals surface area contributed by atoms with E-state index < -0.39 is 0 Å². The first-order valence-electron chi connectivity index (χ1n) is 5.53. The summed E-state index contributed by atoms with van der Waals surface area (Å²) in [6.45, 7) is 0.731. The number of rotatable bonds is 5. The first-order chi connectivity index (χ1) is 8.27. The molecule has 4 N–H and O–H groups in total. The maximum atomic E-state index is 13.1. The van der Waals surface area contributed by atoms with Crippen molar-refractivity contribution >= 4 is 11.4 Å². The number of para-hydroxylation sites is 1. The average Bonchev–Trinajstić information content (AvgIpc) is 2.83. The molecule has 0 amide bonds. The standard InChI is InChI=1S/C12H15FN4/c13-9-3-1-4-10(12(9)14)15-6-2-5-11-16-7-8-17-11/h1,3-4,7-8,15H,2,5-6,14H2,(H,16,17). The highest BCUT2D eigenvalue weighted by molar-refractivity contribution is 5.66. The van der Waals surface area contributed by atoms with E-state index in [1.54, 1.807) is 24.5 Å². The highest BCUT2D eigenvalue weighted by Crippen LogP contribution is 2.20. The number of hydrogen-bond acceptors (Lipinski definition) is 3. The van der Waals surface area contributed by atoms with E-state index in [2.05, 4.69) is 15.3 Å². The Morgan fingerprint density at radius 2 is 2.29 bits per heavy atom. The second-order valence-electron chi connectivity index (χ2n) is 3.77. The lowest BCUT2D eigenvalue weighted by molar-refractivity contribution is 0.633. The van der Waals surface area contributed by atoms with Crippen LogP contribution in [0, 0.1) is 5.82 Å². The molecule has 0 aliphatic heterocycles. The molecule has 1 aromatic heterocycles. The number of aromatic amines is 1. The van der Waals surface area contributed by atoms with Gasteiger partial charge in [-0.3, -0.25) is 0 Å². The lowest BCUT2D eigenvalue weighted by Crippen LogP contribution is -2.06. The SMILES string of the molecule is Nc1c(F)cccc1NCCCc1ncc[nH]1. The topological polar surface area (TPSA) is 66.7 Å². The minimum absolute atomic E-state index is 0.172. The van der Waals surface area contributed by atoms with Gasteiger partial charge >= 0.3 is 0 Å². The monoisotopic (exact) mass is 234 g/mol. The molecular weight excluding hydrogens is 219 g/mol. The molecule has 0 aliphatic rings. The van der Waals surface area contributed by atoms with Gasteiger partial charge in [0.25, 0.3) is 0 Å². The molecule has 17 heavy (non-hydrogen) atoms. The van der Waals surface area contributed by atoms with Crippen molar-refractivity contribution in [1.29, 1.82) is 0 Å². The molecule has 0 bridgehead atoms. The van der Waals surface area contributed by atoms with Crippen LogP contribution in [0.15, 0.2) is 30.6 Å². The molecule has 2 rings (SSSR count). The molecule has 5 heteroatoms. The molecule has 1 heterocycles. The Hall–Kier alpha value is -2.04. The fraction of sp³-hybridized carbons (Fsp3) is 0.250. The van der Waals surface area contributed by atoms with Gasteiger partial charge in [0.15, 0.2) is 0 Å². The summed E-state index contributed by atoms with van der Waals surface area (Å²) in [6, 6.07) is 4.76. The van der Waals surface area contributed by atoms with Crippen molar-refractivity contribution in [1.82, 2.24) is 9.97 Å². The average molecular weight is 234 g/mol. The fourth-order valence-corrected chi connectivity index (χ4v) is 1.60. The third-order valence-corrected chi connectivity index (χ3v) is 2.51. The van der Waals surface area contributed by atoms with Crippen molar-refractivity contribution in [3.63, 3.8) is 0 Å². The first kappa shape index (κ1) is 11.4. The molecule has 1 aromatic carbocycles. The van der Waals surface area contributed by atoms with Gasteiger partial charge in [0.2, 0.25) is 0 Å². The Bertz CT molecular complexity index is 467. The molecule has 0 saturated carbocycles. The zero-order valence-corrected chi connectivity index (χ0v) is 9.41. The molecule has 0 unspecified atom stereocenters. The number of nitrogen functional groups attached to an aromatic ring is 1. The summed E-state index contributed by atoms with van der Waals surface area (Å²) < 4.78 is 13.1. The number of anilines is 2. The van der Waals surface area contributed by atoms with Crippen molar-refractivity contribution in [3.8, 4) is 0 Å². The zero-order chi connectivity index (χ0) is 12.1. The molecule has 0 atom stereocenters. The quantitative estimate of drug-likeness (QED) is 0.548. The number of aryl methyl sites for hydroxylation is 1. The second kappa shape index (κ2) is 5.34. The number of H-pyrrole nitrogens is 1. The van der Waals surface area contributed by atoms with Crippen LogP contribution in [0.3, 0.4) is 0 Å². The maximum absolute atomic E-state index is 13.1. The molecule has 4 nitrogen and oxygen atoms in total. The Morgan fingerprint density at radius 1 is 1.41 bits per heavy atom. The maximum Gasteiger partial charge on any atom is 0.148 e. The van der Waals surface area contributed by atoms with Gasteiger partial charge in [-0.1, -0.05) is 6.07 Å². The van der Waals surface area contributed by atoms with Crippen LogP contribution in [-0.4, -0.2) is 16.5 Å². The van der Waals surface area contributed by atoms with Gasteiger partial charge in [-0.15, -0.1) is 0 Å². The number of hydrogen-bond donors (Lipinski definition) is 3. The van der Waals surface area contributed by atoms with Gasteiger partial charge in [0.1, 0.15) is 11.6 Å². The normalized spacial score (nSPS) is 10.4. The minimum atomic E-state index is -0.388. The van der Waals surface area contributed by atoms with E-state index in [-0.39, 0.29) is 11.5 Å². The van der Waals surface area contributed by atoms with Crippen molar-refractivity contribution in [2.75, 3.05) is 17.6 Å². The van der Waals surface area contributed by atoms with Gasteiger partial charge in [-0.05, 0) is 18.6 Å². The summed E-state index contributed by atoms with van der Waals surface area (Å²) >= 11 is 0. The highest BCUT2D eigenvalue weighted by Gasteiger charge is 2.03. The Labute approximate surface area is 99.1 Å². The van der Waals surface area contributed by atoms with Crippen molar-refractivity contribution in [2.45, 2.75) is 12.8 Å². The smallest absolute Gasteiger partial charge is 0.148 e. The van der Waals surface area contributed by atoms with Crippen LogP contribution in [-0.2, 0) is 6.42 Å². The van der Waals surface area contributed by atoms with Crippen LogP contribution >= 0.6 is 0 Å². The number of nitrogens with zero attached hydrogens (tertiary/aromatic N) is 1. The van der Waals surface area contributed by atoms with Crippen molar-refractivity contribution in [3.05, 3.63) is 42.2 Å². The van der Waals surface area contributed by atoms with Gasteiger partial charge in [-0.25, -0.2) is 9.37 Å². The third kappa shape index (κ3) is 2.96. The number of imidazole rings is 1. The molecule has 90 valence electrons. The number of aromatic nitrogens is 2. The zero-order valence-electron chi connectivity index (χ0n) is 9.41. The summed E-state index contributed by atoms with van der Waals surface area (Å²) in [5.74, 6) is 0.569. The lowest BCUT2D eigenvalue weighted by atomic mass is 10.2. The number of benzene rings is 1. The summed E-state index contributed by atoms with van der Waals surface area (Å²) in [5.41, 5.74) is 6.42. The summed E-state index contributed by atoms with van der Waals surface area (Å²) in [5, 5.41) is 3.11. The molecule has 0 aliphatic carbocycles. The summed E-state index contributed by atoms with van der Waals surface area (Å²) in [4.78, 5) is 7.16. The van der Waals surface area contributed by atoms with Crippen molar-refractivity contribution < 1.29 is 4.39 Å². The largest absolute Gasteiger partial charge is 0.395 e. The van der Waals surface area contributed by atoms with E-state index >= 15 is 0 Å². The third-order valence-electron chi connectivity index (χ3n) is 2.51. The van der Waals surface area contributed by atoms with Crippen LogP contribution < -0.4 is 11.1 Å². The van der Waals surface area contributed by atoms with Crippen LogP contribution in [0.5, 0.6) is 0 Å². The predicted molar refractivity (Wildman–Crippen MR) is 66.2 cm³/mol. The molecule has 2 aromatic rings. The molecule has 0 spiro atoms. The van der Waals surface area contributed by atoms with E-state index in [0.717, 1.165) is 25.2 Å². The van der Waals surface area contributed by atoms with Crippen LogP contribution in [0.4, 0.5) is 15.8 Å². The Morgan fingerprint density at radius 3 is 3.06 bits per heavy atom. The van der Waals surface area contributed by atoms with Gasteiger partial charge < -0.3 is 16.0 Å². The van der Waals surface area contributed by atoms with E-state index in [9.17, 15) is 4.39 Å². The van der Waals surface area contributed by atoms with E-state index in [4.69, 9.17) is 5.73 Å². The minimum Gasteiger partial charge on any atom is -0.395 e. The van der Waals surface area contributed by atoms with Gasteiger partial charge in [0, 0.05) is 25.4 Å². The first-order valence-corrected chi connectivity index (χ1v) is 5.53. The second-order valence-corrected chi connectivity index (χ2v) is 3.77. The Balaban J connectivity index is 1.80. The molecule has 0 fully saturated rings. The number of nitrogens with two attached hydrogens (primary N) is 1. The Kier molecular flexibility index (Phi) is 3.59. The summed E-state index contributed by atoms with van der Waals surface area (Å²) in [7, 11) is 0. The predicted octanol–water partition coefficient (Wildman–Crippen LogP) is 2.18. The van der Waals surface area contributed by atoms with Gasteiger partial charge in [-0.2, -0.15) is 0 Å². The summed E-state index contributed by atoms with van der Waals surface area (Å²) in [6.07, 6.45) is 5.29. The molecule has 0 saturated heterocycles. The number of nitrogens with one attached hydrogen (secondary N) is 2. The lowest BCUT2D eigenvalue weighted by Gasteiger charge is -2.08. The van der Waals surface area contributed by atoms with Crippen LogP contribution in [0.25, 0.3) is 0 Å². The fourth-order valence-electron chi connectivity index (χ4n) is 1.60. The van der Waals surface area contributed by atoms with Gasteiger partial charge in [0.05, 0.1) is 11.4 Å². The van der Waals surface area contributed by atoms with E-state index in [1.165, 1.54) is 6.07 Å². The molecular formula is C12H15FN4. The van der Waals surface area contributed by atoms with E-state index in [0.29, 0.717) is 5.69 Å².